The lowest BCUT2D eigenvalue weighted by Crippen LogP contribution is -2.03. The maximum Gasteiger partial charge on any atom is 0.120 e. The van der Waals surface area contributed by atoms with Crippen LogP contribution in [-0.4, -0.2) is 9.97 Å². The first-order valence-electron chi connectivity index (χ1n) is 5.52. The number of aromatic nitrogens is 2. The summed E-state index contributed by atoms with van der Waals surface area (Å²) in [6.45, 7) is 0. The van der Waals surface area contributed by atoms with E-state index in [1.54, 1.807) is 0 Å². The molecule has 0 aliphatic heterocycles. The summed E-state index contributed by atoms with van der Waals surface area (Å²) in [5.41, 5.74) is 0. The third kappa shape index (κ3) is 2.88. The molecule has 1 saturated carbocycles. The lowest BCUT2D eigenvalue weighted by molar-refractivity contribution is 0.559. The Morgan fingerprint density at radius 2 is 1.93 bits per heavy atom. The normalized spacial score (nSPS) is 18.7. The largest absolute Gasteiger partial charge is 0.334 e. The molecule has 82 valence electrons. The first-order valence-corrected chi connectivity index (χ1v) is 6.72. The van der Waals surface area contributed by atoms with Gasteiger partial charge in [-0.3, -0.25) is 0 Å². The maximum absolute atomic E-state index is 5.20. The van der Waals surface area contributed by atoms with Gasteiger partial charge in [0.2, 0.25) is 0 Å². The fourth-order valence-corrected chi connectivity index (χ4v) is 2.51. The summed E-state index contributed by atoms with van der Waals surface area (Å²) < 4.78 is 1.65. The van der Waals surface area contributed by atoms with Crippen molar-refractivity contribution < 1.29 is 0 Å². The summed E-state index contributed by atoms with van der Waals surface area (Å²) in [7, 11) is 0. The van der Waals surface area contributed by atoms with Crippen LogP contribution in [0.1, 0.15) is 50.3 Å². The van der Waals surface area contributed by atoms with Crippen molar-refractivity contribution in [2.45, 2.75) is 44.4 Å². The van der Waals surface area contributed by atoms with Gasteiger partial charge in [0, 0.05) is 12.1 Å². The molecule has 2 nitrogen and oxygen atoms in total. The van der Waals surface area contributed by atoms with Crippen LogP contribution in [0.4, 0.5) is 0 Å². The fourth-order valence-electron chi connectivity index (χ4n) is 2.15. The van der Waals surface area contributed by atoms with E-state index >= 15 is 0 Å². The third-order valence-corrected chi connectivity index (χ3v) is 4.20. The number of aromatic amines is 1. The molecule has 1 aromatic rings. The molecule has 0 bridgehead atoms. The monoisotopic (exact) mass is 286 g/mol. The summed E-state index contributed by atoms with van der Waals surface area (Å²) in [6.07, 6.45) is 9.70. The van der Waals surface area contributed by atoms with Crippen molar-refractivity contribution in [1.29, 1.82) is 0 Å². The lowest BCUT2D eigenvalue weighted by atomic mass is 10.00. The molecule has 1 N–H and O–H groups in total. The quantitative estimate of drug-likeness (QED) is 0.615. The molecule has 0 amide bonds. The van der Waals surface area contributed by atoms with Gasteiger partial charge < -0.3 is 4.98 Å². The lowest BCUT2D eigenvalue weighted by Gasteiger charge is -2.12. The number of hydrogen-bond acceptors (Lipinski definition) is 2. The van der Waals surface area contributed by atoms with Gasteiger partial charge in [-0.15, -0.1) is 0 Å². The zero-order chi connectivity index (χ0) is 10.7. The van der Waals surface area contributed by atoms with Crippen molar-refractivity contribution in [2.75, 3.05) is 0 Å². The molecular formula is C11H15BrN2S. The third-order valence-electron chi connectivity index (χ3n) is 3.02. The summed E-state index contributed by atoms with van der Waals surface area (Å²) in [5, 5.41) is 0. The average molecular weight is 287 g/mol. The van der Waals surface area contributed by atoms with E-state index in [0.29, 0.717) is 5.92 Å². The van der Waals surface area contributed by atoms with E-state index in [9.17, 15) is 0 Å². The predicted molar refractivity (Wildman–Crippen MR) is 67.6 cm³/mol. The van der Waals surface area contributed by atoms with Crippen LogP contribution >= 0.6 is 28.1 Å². The smallest absolute Gasteiger partial charge is 0.120 e. The zero-order valence-electron chi connectivity index (χ0n) is 8.63. The molecule has 1 heterocycles. The van der Waals surface area contributed by atoms with E-state index in [0.717, 1.165) is 14.9 Å². The Kier molecular flexibility index (Phi) is 3.92. The summed E-state index contributed by atoms with van der Waals surface area (Å²) in [6, 6.07) is 0. The summed E-state index contributed by atoms with van der Waals surface area (Å²) in [4.78, 5) is 7.67. The highest BCUT2D eigenvalue weighted by atomic mass is 79.9. The predicted octanol–water partition coefficient (Wildman–Crippen LogP) is 4.34. The van der Waals surface area contributed by atoms with E-state index < -0.39 is 0 Å². The molecule has 1 aliphatic carbocycles. The minimum absolute atomic E-state index is 0.585. The Morgan fingerprint density at radius 1 is 1.27 bits per heavy atom. The van der Waals surface area contributed by atoms with Gasteiger partial charge in [-0.25, -0.2) is 4.98 Å². The zero-order valence-corrected chi connectivity index (χ0v) is 11.0. The molecule has 0 unspecified atom stereocenters. The Hall–Kier alpha value is -0.220. The van der Waals surface area contributed by atoms with E-state index in [-0.39, 0.29) is 0 Å². The van der Waals surface area contributed by atoms with E-state index in [4.69, 9.17) is 12.2 Å². The van der Waals surface area contributed by atoms with Gasteiger partial charge in [0.05, 0.1) is 4.47 Å². The van der Waals surface area contributed by atoms with Crippen molar-refractivity contribution in [3.05, 3.63) is 21.1 Å². The Balaban J connectivity index is 2.20. The van der Waals surface area contributed by atoms with Crippen LogP contribution in [0.15, 0.2) is 10.7 Å². The molecule has 1 aromatic heterocycles. The topological polar surface area (TPSA) is 28.7 Å². The molecule has 15 heavy (non-hydrogen) atoms. The number of halogens is 1. The minimum Gasteiger partial charge on any atom is -0.334 e. The number of H-pyrrole nitrogens is 1. The first-order chi connectivity index (χ1) is 7.27. The second-order valence-electron chi connectivity index (χ2n) is 4.13. The highest BCUT2D eigenvalue weighted by molar-refractivity contribution is 9.10. The van der Waals surface area contributed by atoms with Crippen molar-refractivity contribution in [1.82, 2.24) is 9.97 Å². The highest BCUT2D eigenvalue weighted by Gasteiger charge is 2.16. The van der Waals surface area contributed by atoms with Crippen LogP contribution in [0.25, 0.3) is 0 Å². The van der Waals surface area contributed by atoms with Crippen molar-refractivity contribution in [3.63, 3.8) is 0 Å². The number of nitrogens with one attached hydrogen (secondary N) is 1. The molecular weight excluding hydrogens is 272 g/mol. The second kappa shape index (κ2) is 5.21. The molecule has 0 atom stereocenters. The van der Waals surface area contributed by atoms with Crippen molar-refractivity contribution in [2.24, 2.45) is 0 Å². The molecule has 1 aliphatic rings. The Morgan fingerprint density at radius 3 is 2.53 bits per heavy atom. The van der Waals surface area contributed by atoms with Crippen LogP contribution in [0.2, 0.25) is 0 Å². The van der Waals surface area contributed by atoms with E-state index in [2.05, 4.69) is 25.9 Å². The molecule has 2 rings (SSSR count). The first kappa shape index (κ1) is 11.3. The van der Waals surface area contributed by atoms with Crippen LogP contribution in [0.3, 0.4) is 0 Å². The summed E-state index contributed by atoms with van der Waals surface area (Å²) in [5.74, 6) is 1.66. The van der Waals surface area contributed by atoms with Crippen LogP contribution in [0, 0.1) is 4.64 Å². The van der Waals surface area contributed by atoms with E-state index in [1.807, 2.05) is 6.20 Å². The van der Waals surface area contributed by atoms with Gasteiger partial charge in [-0.05, 0) is 28.8 Å². The Labute approximate surface area is 104 Å². The second-order valence-corrected chi connectivity index (χ2v) is 5.40. The molecule has 0 spiro atoms. The van der Waals surface area contributed by atoms with Crippen molar-refractivity contribution in [3.8, 4) is 0 Å². The SMILES string of the molecule is S=c1[nH]c(C2CCCCCC2)ncc1Br. The van der Waals surface area contributed by atoms with Gasteiger partial charge in [0.1, 0.15) is 10.5 Å². The van der Waals surface area contributed by atoms with Crippen molar-refractivity contribution >= 4 is 28.1 Å². The molecule has 0 radical (unpaired) electrons. The van der Waals surface area contributed by atoms with E-state index in [1.165, 1.54) is 38.5 Å². The molecule has 0 saturated heterocycles. The highest BCUT2D eigenvalue weighted by Crippen LogP contribution is 2.29. The van der Waals surface area contributed by atoms with Crippen LogP contribution in [0.5, 0.6) is 0 Å². The minimum atomic E-state index is 0.585. The number of rotatable bonds is 1. The van der Waals surface area contributed by atoms with Crippen LogP contribution in [-0.2, 0) is 0 Å². The number of nitrogens with zero attached hydrogens (tertiary/aromatic N) is 1. The maximum atomic E-state index is 5.20. The standard InChI is InChI=1S/C11H15BrN2S/c12-9-7-13-10(14-11(9)15)8-5-3-1-2-4-6-8/h7-8H,1-6H2,(H,13,14,15). The fraction of sp³-hybridized carbons (Fsp3) is 0.636. The van der Waals surface area contributed by atoms with Crippen LogP contribution < -0.4 is 0 Å². The average Bonchev–Trinajstić information content (AvgIpc) is 2.50. The van der Waals surface area contributed by atoms with Gasteiger partial charge >= 0.3 is 0 Å². The molecule has 0 aromatic carbocycles. The van der Waals surface area contributed by atoms with Gasteiger partial charge in [-0.1, -0.05) is 37.9 Å². The molecule has 4 heteroatoms. The number of hydrogen-bond donors (Lipinski definition) is 1. The molecule has 1 fully saturated rings. The summed E-state index contributed by atoms with van der Waals surface area (Å²) >= 11 is 8.57. The Bertz CT molecular complexity index is 380. The van der Waals surface area contributed by atoms with Gasteiger partial charge in [0.15, 0.2) is 0 Å². The van der Waals surface area contributed by atoms with Gasteiger partial charge in [0.25, 0.3) is 0 Å². The van der Waals surface area contributed by atoms with Gasteiger partial charge in [-0.2, -0.15) is 0 Å².